The van der Waals surface area contributed by atoms with Gasteiger partial charge in [-0.05, 0) is 23.8 Å². The van der Waals surface area contributed by atoms with Crippen molar-refractivity contribution in [2.75, 3.05) is 6.61 Å². The van der Waals surface area contributed by atoms with Gasteiger partial charge in [-0.3, -0.25) is 4.79 Å². The fourth-order valence-corrected chi connectivity index (χ4v) is 2.63. The molecule has 0 spiro atoms. The first-order valence-corrected chi connectivity index (χ1v) is 7.71. The van der Waals surface area contributed by atoms with Crippen LogP contribution in [0.25, 0.3) is 10.9 Å². The van der Waals surface area contributed by atoms with Gasteiger partial charge in [-0.15, -0.1) is 0 Å². The van der Waals surface area contributed by atoms with Crippen LogP contribution in [0.5, 0.6) is 5.75 Å². The Hall–Kier alpha value is -2.75. The minimum Gasteiger partial charge on any atom is -0.493 e. The monoisotopic (exact) mass is 308 g/mol. The summed E-state index contributed by atoms with van der Waals surface area (Å²) in [5.41, 5.74) is 2.30. The largest absolute Gasteiger partial charge is 0.493 e. The fraction of sp³-hybridized carbons (Fsp3) is 0.211. The molecule has 1 amide bonds. The Kier molecular flexibility index (Phi) is 4.62. The maximum absolute atomic E-state index is 12.0. The van der Waals surface area contributed by atoms with Crippen LogP contribution in [0, 0.1) is 0 Å². The maximum atomic E-state index is 12.0. The highest BCUT2D eigenvalue weighted by Crippen LogP contribution is 2.19. The number of carbonyl (C=O) groups excluding carboxylic acids is 1. The molecule has 3 aromatic rings. The Morgan fingerprint density at radius 3 is 2.65 bits per heavy atom. The van der Waals surface area contributed by atoms with E-state index in [4.69, 9.17) is 4.74 Å². The number of benzene rings is 2. The predicted octanol–water partition coefficient (Wildman–Crippen LogP) is 3.26. The average Bonchev–Trinajstić information content (AvgIpc) is 2.91. The van der Waals surface area contributed by atoms with Gasteiger partial charge in [0.1, 0.15) is 5.75 Å². The molecule has 0 bridgehead atoms. The third-order valence-electron chi connectivity index (χ3n) is 3.80. The van der Waals surface area contributed by atoms with Crippen molar-refractivity contribution >= 4 is 16.8 Å². The molecule has 0 saturated carbocycles. The van der Waals surface area contributed by atoms with E-state index < -0.39 is 0 Å². The van der Waals surface area contributed by atoms with Gasteiger partial charge in [-0.25, -0.2) is 0 Å². The SMILES string of the molecule is Cn1cc(CNC(=O)CCOc2ccccc2)c2ccccc21. The van der Waals surface area contributed by atoms with E-state index in [2.05, 4.69) is 28.2 Å². The highest BCUT2D eigenvalue weighted by atomic mass is 16.5. The molecule has 0 aliphatic rings. The molecule has 1 heterocycles. The van der Waals surface area contributed by atoms with Gasteiger partial charge < -0.3 is 14.6 Å². The number of rotatable bonds is 6. The van der Waals surface area contributed by atoms with Gasteiger partial charge in [0.25, 0.3) is 0 Å². The number of aromatic nitrogens is 1. The van der Waals surface area contributed by atoms with E-state index in [-0.39, 0.29) is 5.91 Å². The van der Waals surface area contributed by atoms with Crippen LogP contribution >= 0.6 is 0 Å². The first kappa shape index (κ1) is 15.2. The van der Waals surface area contributed by atoms with Crippen LogP contribution in [0.4, 0.5) is 0 Å². The molecule has 0 radical (unpaired) electrons. The van der Waals surface area contributed by atoms with Gasteiger partial charge in [0.2, 0.25) is 5.91 Å². The van der Waals surface area contributed by atoms with Crippen molar-refractivity contribution in [3.05, 3.63) is 66.4 Å². The second-order valence-corrected chi connectivity index (χ2v) is 5.47. The number of hydrogen-bond acceptors (Lipinski definition) is 2. The van der Waals surface area contributed by atoms with Gasteiger partial charge in [0, 0.05) is 30.7 Å². The van der Waals surface area contributed by atoms with Crippen LogP contribution < -0.4 is 10.1 Å². The van der Waals surface area contributed by atoms with E-state index in [0.717, 1.165) is 11.3 Å². The third kappa shape index (κ3) is 3.72. The van der Waals surface area contributed by atoms with Crippen molar-refractivity contribution < 1.29 is 9.53 Å². The van der Waals surface area contributed by atoms with E-state index in [1.54, 1.807) is 0 Å². The third-order valence-corrected chi connectivity index (χ3v) is 3.80. The predicted molar refractivity (Wildman–Crippen MR) is 91.3 cm³/mol. The number of nitrogens with zero attached hydrogens (tertiary/aromatic N) is 1. The van der Waals surface area contributed by atoms with Gasteiger partial charge in [-0.2, -0.15) is 0 Å². The van der Waals surface area contributed by atoms with Crippen molar-refractivity contribution in [2.24, 2.45) is 7.05 Å². The molecule has 3 rings (SSSR count). The molecule has 2 aromatic carbocycles. The van der Waals surface area contributed by atoms with Gasteiger partial charge in [-0.1, -0.05) is 36.4 Å². The van der Waals surface area contributed by atoms with E-state index in [0.29, 0.717) is 19.6 Å². The maximum Gasteiger partial charge on any atom is 0.223 e. The van der Waals surface area contributed by atoms with E-state index in [1.807, 2.05) is 49.5 Å². The van der Waals surface area contributed by atoms with Crippen LogP contribution in [-0.2, 0) is 18.4 Å². The second kappa shape index (κ2) is 7.01. The lowest BCUT2D eigenvalue weighted by atomic mass is 10.2. The van der Waals surface area contributed by atoms with Crippen LogP contribution in [0.1, 0.15) is 12.0 Å². The summed E-state index contributed by atoms with van der Waals surface area (Å²) in [5.74, 6) is 0.781. The van der Waals surface area contributed by atoms with E-state index >= 15 is 0 Å². The van der Waals surface area contributed by atoms with Crippen LogP contribution in [0.3, 0.4) is 0 Å². The molecule has 118 valence electrons. The van der Waals surface area contributed by atoms with E-state index in [1.165, 1.54) is 10.9 Å². The molecule has 1 aromatic heterocycles. The van der Waals surface area contributed by atoms with Crippen LogP contribution in [-0.4, -0.2) is 17.1 Å². The van der Waals surface area contributed by atoms with Crippen molar-refractivity contribution in [1.82, 2.24) is 9.88 Å². The zero-order valence-corrected chi connectivity index (χ0v) is 13.2. The standard InChI is InChI=1S/C19H20N2O2/c1-21-14-15(17-9-5-6-10-18(17)21)13-20-19(22)11-12-23-16-7-3-2-4-8-16/h2-10,14H,11-13H2,1H3,(H,20,22). The lowest BCUT2D eigenvalue weighted by Gasteiger charge is -2.07. The van der Waals surface area contributed by atoms with Crippen molar-refractivity contribution in [3.8, 4) is 5.75 Å². The summed E-state index contributed by atoms with van der Waals surface area (Å²) in [6.45, 7) is 0.914. The summed E-state index contributed by atoms with van der Waals surface area (Å²) in [7, 11) is 2.02. The topological polar surface area (TPSA) is 43.3 Å². The molecule has 0 fully saturated rings. The average molecular weight is 308 g/mol. The Morgan fingerprint density at radius 1 is 1.09 bits per heavy atom. The molecule has 0 aliphatic heterocycles. The van der Waals surface area contributed by atoms with Crippen LogP contribution in [0.15, 0.2) is 60.8 Å². The van der Waals surface area contributed by atoms with Crippen LogP contribution in [0.2, 0.25) is 0 Å². The zero-order chi connectivity index (χ0) is 16.1. The smallest absolute Gasteiger partial charge is 0.223 e. The van der Waals surface area contributed by atoms with E-state index in [9.17, 15) is 4.79 Å². The number of fused-ring (bicyclic) bond motifs is 1. The Labute approximate surface area is 135 Å². The number of amides is 1. The number of hydrogen-bond donors (Lipinski definition) is 1. The molecule has 4 heteroatoms. The molecular formula is C19H20N2O2. The first-order chi connectivity index (χ1) is 11.2. The minimum absolute atomic E-state index is 0.00568. The molecule has 0 atom stereocenters. The number of para-hydroxylation sites is 2. The lowest BCUT2D eigenvalue weighted by Crippen LogP contribution is -2.24. The number of ether oxygens (including phenoxy) is 1. The summed E-state index contributed by atoms with van der Waals surface area (Å²) in [4.78, 5) is 12.0. The second-order valence-electron chi connectivity index (χ2n) is 5.47. The molecule has 0 aliphatic carbocycles. The summed E-state index contributed by atoms with van der Waals surface area (Å²) >= 11 is 0. The van der Waals surface area contributed by atoms with Crippen molar-refractivity contribution in [1.29, 1.82) is 0 Å². The van der Waals surface area contributed by atoms with Gasteiger partial charge in [0.05, 0.1) is 13.0 Å². The highest BCUT2D eigenvalue weighted by Gasteiger charge is 2.07. The normalized spacial score (nSPS) is 10.7. The summed E-state index contributed by atoms with van der Waals surface area (Å²) < 4.78 is 7.62. The Balaban J connectivity index is 1.50. The van der Waals surface area contributed by atoms with Gasteiger partial charge >= 0.3 is 0 Å². The minimum atomic E-state index is -0.00568. The quantitative estimate of drug-likeness (QED) is 0.759. The molecule has 23 heavy (non-hydrogen) atoms. The Morgan fingerprint density at radius 2 is 1.83 bits per heavy atom. The number of carbonyl (C=O) groups is 1. The van der Waals surface area contributed by atoms with Crippen molar-refractivity contribution in [2.45, 2.75) is 13.0 Å². The molecular weight excluding hydrogens is 288 g/mol. The van der Waals surface area contributed by atoms with Crippen molar-refractivity contribution in [3.63, 3.8) is 0 Å². The summed E-state index contributed by atoms with van der Waals surface area (Å²) in [6.07, 6.45) is 2.41. The number of aryl methyl sites for hydroxylation is 1. The first-order valence-electron chi connectivity index (χ1n) is 7.71. The summed E-state index contributed by atoms with van der Waals surface area (Å²) in [5, 5.41) is 4.14. The molecule has 4 nitrogen and oxygen atoms in total. The molecule has 1 N–H and O–H groups in total. The number of nitrogens with one attached hydrogen (secondary N) is 1. The highest BCUT2D eigenvalue weighted by molar-refractivity contribution is 5.84. The summed E-state index contributed by atoms with van der Waals surface area (Å²) in [6, 6.07) is 17.7. The molecule has 0 unspecified atom stereocenters. The zero-order valence-electron chi connectivity index (χ0n) is 13.2. The van der Waals surface area contributed by atoms with Gasteiger partial charge in [0.15, 0.2) is 0 Å². The fourth-order valence-electron chi connectivity index (χ4n) is 2.63. The molecule has 0 saturated heterocycles. The lowest BCUT2D eigenvalue weighted by molar-refractivity contribution is -0.121. The Bertz CT molecular complexity index is 793.